The molecule has 20 heavy (non-hydrogen) atoms. The van der Waals surface area contributed by atoms with Crippen molar-refractivity contribution in [3.63, 3.8) is 0 Å². The highest BCUT2D eigenvalue weighted by atomic mass is 32.2. The molecule has 1 aromatic carbocycles. The lowest BCUT2D eigenvalue weighted by Crippen LogP contribution is -1.90. The molecule has 7 heteroatoms. The summed E-state index contributed by atoms with van der Waals surface area (Å²) >= 11 is 1.27. The van der Waals surface area contributed by atoms with E-state index in [1.807, 2.05) is 24.3 Å². The van der Waals surface area contributed by atoms with Crippen molar-refractivity contribution in [1.29, 1.82) is 5.26 Å². The van der Waals surface area contributed by atoms with Gasteiger partial charge in [-0.2, -0.15) is 5.26 Å². The molecule has 2 heterocycles. The van der Waals surface area contributed by atoms with Gasteiger partial charge in [0.05, 0.1) is 18.1 Å². The van der Waals surface area contributed by atoms with Gasteiger partial charge in [-0.15, -0.1) is 0 Å². The molecule has 1 N–H and O–H groups in total. The second-order valence-corrected chi connectivity index (χ2v) is 4.83. The molecule has 6 nitrogen and oxygen atoms in total. The first-order valence-electron chi connectivity index (χ1n) is 5.73. The number of ether oxygens (including phenoxy) is 1. The van der Waals surface area contributed by atoms with E-state index in [1.165, 1.54) is 18.0 Å². The summed E-state index contributed by atoms with van der Waals surface area (Å²) in [6.45, 7) is 0. The second-order valence-electron chi connectivity index (χ2n) is 3.85. The summed E-state index contributed by atoms with van der Waals surface area (Å²) in [7, 11) is 1.62. The molecule has 0 saturated carbocycles. The summed E-state index contributed by atoms with van der Waals surface area (Å²) in [5.41, 5.74) is 1.99. The van der Waals surface area contributed by atoms with E-state index in [4.69, 9.17) is 10.00 Å². The van der Waals surface area contributed by atoms with Crippen molar-refractivity contribution in [3.05, 3.63) is 36.3 Å². The van der Waals surface area contributed by atoms with E-state index in [0.717, 1.165) is 16.8 Å². The summed E-state index contributed by atoms with van der Waals surface area (Å²) in [5.74, 6) is 0.759. The molecule has 0 bridgehead atoms. The Morgan fingerprint density at radius 2 is 2.15 bits per heavy atom. The number of nitrogens with zero attached hydrogens (tertiary/aromatic N) is 4. The van der Waals surface area contributed by atoms with Crippen molar-refractivity contribution in [2.45, 2.75) is 10.2 Å². The van der Waals surface area contributed by atoms with Crippen molar-refractivity contribution in [2.24, 2.45) is 0 Å². The lowest BCUT2D eigenvalue weighted by molar-refractivity contribution is 0.415. The van der Waals surface area contributed by atoms with Crippen LogP contribution in [-0.2, 0) is 0 Å². The van der Waals surface area contributed by atoms with Gasteiger partial charge in [0, 0.05) is 18.5 Å². The van der Waals surface area contributed by atoms with Gasteiger partial charge >= 0.3 is 0 Å². The molecule has 0 aliphatic rings. The molecule has 98 valence electrons. The molecular formula is C13H9N5OS. The van der Waals surface area contributed by atoms with E-state index in [-0.39, 0.29) is 5.69 Å². The first-order chi connectivity index (χ1) is 9.80. The number of hydrogen-bond donors (Lipinski definition) is 1. The van der Waals surface area contributed by atoms with Gasteiger partial charge < -0.3 is 9.72 Å². The maximum absolute atomic E-state index is 8.99. The Labute approximate surface area is 118 Å². The maximum Gasteiger partial charge on any atom is 0.173 e. The molecule has 0 unspecified atom stereocenters. The van der Waals surface area contributed by atoms with Crippen LogP contribution in [0.3, 0.4) is 0 Å². The Hall–Kier alpha value is -2.59. The lowest BCUT2D eigenvalue weighted by Gasteiger charge is -1.97. The summed E-state index contributed by atoms with van der Waals surface area (Å²) in [4.78, 5) is 15.7. The molecule has 3 rings (SSSR count). The molecular weight excluding hydrogens is 274 g/mol. The van der Waals surface area contributed by atoms with E-state index in [1.54, 1.807) is 13.3 Å². The van der Waals surface area contributed by atoms with E-state index < -0.39 is 0 Å². The zero-order valence-corrected chi connectivity index (χ0v) is 11.3. The smallest absolute Gasteiger partial charge is 0.173 e. The molecule has 0 spiro atoms. The highest BCUT2D eigenvalue weighted by Crippen LogP contribution is 2.28. The largest absolute Gasteiger partial charge is 0.497 e. The quantitative estimate of drug-likeness (QED) is 0.794. The molecule has 0 saturated heterocycles. The Bertz CT molecular complexity index is 808. The van der Waals surface area contributed by atoms with Crippen LogP contribution in [0.15, 0.2) is 40.8 Å². The Kier molecular flexibility index (Phi) is 3.23. The van der Waals surface area contributed by atoms with Crippen LogP contribution >= 0.6 is 11.8 Å². The third-order valence-electron chi connectivity index (χ3n) is 2.63. The SMILES string of the molecule is COc1ccc2nc(Sc3nccnc3C#N)[nH]c2c1. The number of methoxy groups -OCH3 is 1. The number of benzene rings is 1. The number of hydrogen-bond acceptors (Lipinski definition) is 6. The number of nitrogens with one attached hydrogen (secondary N) is 1. The summed E-state index contributed by atoms with van der Waals surface area (Å²) in [6, 6.07) is 7.60. The Morgan fingerprint density at radius 3 is 2.95 bits per heavy atom. The number of fused-ring (bicyclic) bond motifs is 1. The van der Waals surface area contributed by atoms with Crippen LogP contribution < -0.4 is 4.74 Å². The third-order valence-corrected chi connectivity index (χ3v) is 3.51. The third kappa shape index (κ3) is 2.29. The summed E-state index contributed by atoms with van der Waals surface area (Å²) < 4.78 is 5.17. The fraction of sp³-hybridized carbons (Fsp3) is 0.0769. The molecule has 0 aliphatic heterocycles. The zero-order valence-electron chi connectivity index (χ0n) is 10.5. The molecule has 0 amide bonds. The van der Waals surface area contributed by atoms with Crippen molar-refractivity contribution >= 4 is 22.8 Å². The number of rotatable bonds is 3. The molecule has 3 aromatic rings. The average molecular weight is 283 g/mol. The molecule has 2 aromatic heterocycles. The number of aromatic nitrogens is 4. The van der Waals surface area contributed by atoms with Gasteiger partial charge in [-0.25, -0.2) is 15.0 Å². The minimum absolute atomic E-state index is 0.288. The maximum atomic E-state index is 8.99. The number of aromatic amines is 1. The minimum Gasteiger partial charge on any atom is -0.497 e. The lowest BCUT2D eigenvalue weighted by atomic mass is 10.3. The molecule has 0 aliphatic carbocycles. The topological polar surface area (TPSA) is 87.5 Å². The van der Waals surface area contributed by atoms with E-state index in [2.05, 4.69) is 19.9 Å². The van der Waals surface area contributed by atoms with Crippen LogP contribution in [0, 0.1) is 11.3 Å². The predicted molar refractivity (Wildman–Crippen MR) is 73.5 cm³/mol. The van der Waals surface area contributed by atoms with Crippen LogP contribution in [0.5, 0.6) is 5.75 Å². The normalized spacial score (nSPS) is 10.4. The van der Waals surface area contributed by atoms with Gasteiger partial charge in [-0.05, 0) is 23.9 Å². The van der Waals surface area contributed by atoms with Gasteiger partial charge in [0.1, 0.15) is 16.8 Å². The van der Waals surface area contributed by atoms with E-state index >= 15 is 0 Å². The number of imidazole rings is 1. The molecule has 0 radical (unpaired) electrons. The van der Waals surface area contributed by atoms with Crippen LogP contribution in [0.4, 0.5) is 0 Å². The number of H-pyrrole nitrogens is 1. The molecule has 0 atom stereocenters. The fourth-order valence-electron chi connectivity index (χ4n) is 1.71. The Morgan fingerprint density at radius 1 is 1.30 bits per heavy atom. The van der Waals surface area contributed by atoms with Crippen LogP contribution in [0.25, 0.3) is 11.0 Å². The van der Waals surface area contributed by atoms with Crippen LogP contribution in [0.2, 0.25) is 0 Å². The number of nitriles is 1. The summed E-state index contributed by atoms with van der Waals surface area (Å²) in [6.07, 6.45) is 3.04. The van der Waals surface area contributed by atoms with E-state index in [9.17, 15) is 0 Å². The highest BCUT2D eigenvalue weighted by molar-refractivity contribution is 7.99. The standard InChI is InChI=1S/C13H9N5OS/c1-19-8-2-3-9-10(6-8)18-13(17-9)20-12-11(7-14)15-4-5-16-12/h2-6H,1H3,(H,17,18). The van der Waals surface area contributed by atoms with Crippen molar-refractivity contribution in [3.8, 4) is 11.8 Å². The van der Waals surface area contributed by atoms with Gasteiger partial charge in [0.15, 0.2) is 10.9 Å². The van der Waals surface area contributed by atoms with Crippen molar-refractivity contribution in [1.82, 2.24) is 19.9 Å². The van der Waals surface area contributed by atoms with Crippen molar-refractivity contribution in [2.75, 3.05) is 7.11 Å². The summed E-state index contributed by atoms with van der Waals surface area (Å²) in [5, 5.41) is 10.2. The van der Waals surface area contributed by atoms with Gasteiger partial charge in [-0.3, -0.25) is 0 Å². The first-order valence-corrected chi connectivity index (χ1v) is 6.54. The fourth-order valence-corrected chi connectivity index (χ4v) is 2.51. The molecule has 0 fully saturated rings. The second kappa shape index (κ2) is 5.19. The predicted octanol–water partition coefficient (Wildman–Crippen LogP) is 2.38. The average Bonchev–Trinajstić information content (AvgIpc) is 2.89. The first kappa shape index (κ1) is 12.4. The van der Waals surface area contributed by atoms with Gasteiger partial charge in [-0.1, -0.05) is 0 Å². The van der Waals surface area contributed by atoms with Crippen molar-refractivity contribution < 1.29 is 4.74 Å². The van der Waals surface area contributed by atoms with Crippen LogP contribution in [-0.4, -0.2) is 27.0 Å². The highest BCUT2D eigenvalue weighted by Gasteiger charge is 2.10. The van der Waals surface area contributed by atoms with E-state index in [0.29, 0.717) is 10.2 Å². The minimum atomic E-state index is 0.288. The monoisotopic (exact) mass is 283 g/mol. The van der Waals surface area contributed by atoms with Gasteiger partial charge in [0.25, 0.3) is 0 Å². The Balaban J connectivity index is 1.97. The van der Waals surface area contributed by atoms with Crippen LogP contribution in [0.1, 0.15) is 5.69 Å². The zero-order chi connectivity index (χ0) is 13.9. The van der Waals surface area contributed by atoms with Gasteiger partial charge in [0.2, 0.25) is 0 Å².